The third-order valence-electron chi connectivity index (χ3n) is 1.10. The van der Waals surface area contributed by atoms with Gasteiger partial charge in [0.2, 0.25) is 0 Å². The van der Waals surface area contributed by atoms with Crippen LogP contribution in [0.4, 0.5) is 0 Å². The molecule has 0 bridgehead atoms. The molecule has 10 heavy (non-hydrogen) atoms. The van der Waals surface area contributed by atoms with Gasteiger partial charge < -0.3 is 0 Å². The molecule has 0 amide bonds. The van der Waals surface area contributed by atoms with E-state index < -0.39 is 5.34 Å². The van der Waals surface area contributed by atoms with Crippen molar-refractivity contribution in [3.8, 4) is 0 Å². The number of hydrogen-bond acceptors (Lipinski definition) is 0. The molecule has 0 saturated heterocycles. The van der Waals surface area contributed by atoms with Gasteiger partial charge in [0.1, 0.15) is 0 Å². The van der Waals surface area contributed by atoms with Crippen LogP contribution < -0.4 is 3.87 Å². The molecule has 0 atom stereocenters. The first-order chi connectivity index (χ1) is 4.61. The zero-order chi connectivity index (χ0) is 7.61. The SMILES string of the molecule is [I][Ti]([I])([I])[c]1ccccc1. The molecule has 54 valence electrons. The molecule has 0 N–H and O–H groups in total. The van der Waals surface area contributed by atoms with Crippen molar-refractivity contribution < 1.29 is 5.34 Å². The van der Waals surface area contributed by atoms with Crippen molar-refractivity contribution in [1.82, 2.24) is 0 Å². The Balaban J connectivity index is 2.97. The summed E-state index contributed by atoms with van der Waals surface area (Å²) in [7, 11) is 0. The van der Waals surface area contributed by atoms with Crippen molar-refractivity contribution in [2.24, 2.45) is 0 Å². The summed E-state index contributed by atoms with van der Waals surface area (Å²) >= 11 is 7.81. The van der Waals surface area contributed by atoms with Crippen molar-refractivity contribution >= 4 is 61.4 Å². The van der Waals surface area contributed by atoms with E-state index in [-0.39, 0.29) is 0 Å². The Morgan fingerprint density at radius 1 is 0.900 bits per heavy atom. The first kappa shape index (κ1) is 10.2. The Morgan fingerprint density at radius 2 is 1.40 bits per heavy atom. The molecule has 1 aromatic carbocycles. The van der Waals surface area contributed by atoms with Crippen LogP contribution in [-0.4, -0.2) is 0 Å². The molecule has 0 unspecified atom stereocenters. The van der Waals surface area contributed by atoms with Crippen molar-refractivity contribution in [3.63, 3.8) is 0 Å². The Kier molecular flexibility index (Phi) is 4.48. The molecule has 0 fully saturated rings. The Hall–Kier alpha value is 2.12. The van der Waals surface area contributed by atoms with Gasteiger partial charge in [0.05, 0.1) is 0 Å². The molecule has 0 radical (unpaired) electrons. The van der Waals surface area contributed by atoms with E-state index in [2.05, 4.69) is 87.9 Å². The Bertz CT molecular complexity index is 204. The van der Waals surface area contributed by atoms with E-state index in [0.29, 0.717) is 0 Å². The van der Waals surface area contributed by atoms with Crippen LogP contribution in [0.1, 0.15) is 0 Å². The molecule has 1 aromatic rings. The maximum absolute atomic E-state index is 2.60. The van der Waals surface area contributed by atoms with Crippen LogP contribution in [0.15, 0.2) is 30.3 Å². The first-order valence-electron chi connectivity index (χ1n) is 2.73. The van der Waals surface area contributed by atoms with Crippen molar-refractivity contribution in [1.29, 1.82) is 0 Å². The molecule has 1 rings (SSSR count). The summed E-state index contributed by atoms with van der Waals surface area (Å²) in [5.41, 5.74) is 0. The van der Waals surface area contributed by atoms with E-state index >= 15 is 0 Å². The summed E-state index contributed by atoms with van der Waals surface area (Å²) in [5, 5.41) is -1.59. The summed E-state index contributed by atoms with van der Waals surface area (Å²) in [6.07, 6.45) is 0. The van der Waals surface area contributed by atoms with E-state index in [1.54, 1.807) is 3.87 Å². The molecule has 0 heterocycles. The Morgan fingerprint density at radius 3 is 1.70 bits per heavy atom. The van der Waals surface area contributed by atoms with Crippen LogP contribution in [-0.2, 0) is 5.34 Å². The van der Waals surface area contributed by atoms with Crippen molar-refractivity contribution in [2.75, 3.05) is 0 Å². The number of halogens is 3. The molecule has 0 saturated carbocycles. The third kappa shape index (κ3) is 3.24. The fraction of sp³-hybridized carbons (Fsp3) is 0. The summed E-state index contributed by atoms with van der Waals surface area (Å²) in [6.45, 7) is 0. The first-order valence-corrected chi connectivity index (χ1v) is 18.6. The predicted molar refractivity (Wildman–Crippen MR) is 68.1 cm³/mol. The molecule has 0 aliphatic rings. The zero-order valence-corrected chi connectivity index (χ0v) is 13.1. The van der Waals surface area contributed by atoms with Crippen molar-refractivity contribution in [3.05, 3.63) is 30.3 Å². The van der Waals surface area contributed by atoms with Gasteiger partial charge in [-0.05, 0) is 0 Å². The van der Waals surface area contributed by atoms with E-state index in [9.17, 15) is 0 Å². The monoisotopic (exact) mass is 506 g/mol. The standard InChI is InChI=1S/C6H5.3HI.Ti/c1-2-4-6-5-3-1;;;;/h1-5H;3*1H;/q;;;;+3/p-3. The van der Waals surface area contributed by atoms with Gasteiger partial charge in [-0.15, -0.1) is 0 Å². The van der Waals surface area contributed by atoms with E-state index in [1.807, 2.05) is 0 Å². The van der Waals surface area contributed by atoms with Crippen LogP contribution in [0.2, 0.25) is 0 Å². The van der Waals surface area contributed by atoms with Crippen LogP contribution in [0, 0.1) is 0 Å². The number of rotatable bonds is 1. The summed E-state index contributed by atoms with van der Waals surface area (Å²) in [6, 6.07) is 10.8. The van der Waals surface area contributed by atoms with Gasteiger partial charge in [0.15, 0.2) is 0 Å². The van der Waals surface area contributed by atoms with Crippen LogP contribution >= 0.6 is 57.6 Å². The zero-order valence-electron chi connectivity index (χ0n) is 5.02. The van der Waals surface area contributed by atoms with E-state index in [0.717, 1.165) is 0 Å². The quantitative estimate of drug-likeness (QED) is 0.405. The molecular weight excluding hydrogens is 501 g/mol. The van der Waals surface area contributed by atoms with Gasteiger partial charge in [0.25, 0.3) is 0 Å². The summed E-state index contributed by atoms with van der Waals surface area (Å²) < 4.78 is 1.55. The van der Waals surface area contributed by atoms with Gasteiger partial charge in [-0.2, -0.15) is 0 Å². The van der Waals surface area contributed by atoms with E-state index in [4.69, 9.17) is 0 Å². The normalized spacial score (nSPS) is 11.5. The van der Waals surface area contributed by atoms with Gasteiger partial charge in [-0.25, -0.2) is 0 Å². The predicted octanol–water partition coefficient (Wildman–Crippen LogP) is 3.52. The molecule has 0 spiro atoms. The average molecular weight is 506 g/mol. The minimum atomic E-state index is -1.59. The van der Waals surface area contributed by atoms with Gasteiger partial charge in [0, 0.05) is 0 Å². The minimum absolute atomic E-state index is 1.55. The van der Waals surface area contributed by atoms with Crippen LogP contribution in [0.3, 0.4) is 0 Å². The van der Waals surface area contributed by atoms with Crippen LogP contribution in [0.5, 0.6) is 0 Å². The summed E-state index contributed by atoms with van der Waals surface area (Å²) in [4.78, 5) is 0. The summed E-state index contributed by atoms with van der Waals surface area (Å²) in [5.74, 6) is 0. The molecule has 0 aliphatic heterocycles. The van der Waals surface area contributed by atoms with E-state index in [1.165, 1.54) is 0 Å². The fourth-order valence-electron chi connectivity index (χ4n) is 0.627. The van der Waals surface area contributed by atoms with Crippen LogP contribution in [0.25, 0.3) is 0 Å². The molecular formula is C6H5I3Ti. The molecule has 0 aromatic heterocycles. The second-order valence-electron chi connectivity index (χ2n) is 1.86. The second-order valence-corrected chi connectivity index (χ2v) is 49.9. The number of benzene rings is 1. The second kappa shape index (κ2) is 4.39. The third-order valence-corrected chi connectivity index (χ3v) is 10.3. The Labute approximate surface area is 94.9 Å². The topological polar surface area (TPSA) is 0 Å². The van der Waals surface area contributed by atoms with Gasteiger partial charge in [-0.3, -0.25) is 0 Å². The maximum atomic E-state index is 2.60. The number of hydrogen-bond donors (Lipinski definition) is 0. The van der Waals surface area contributed by atoms with Gasteiger partial charge in [-0.1, -0.05) is 0 Å². The molecule has 0 nitrogen and oxygen atoms in total. The fourth-order valence-corrected chi connectivity index (χ4v) is 5.97. The molecule has 0 aliphatic carbocycles. The van der Waals surface area contributed by atoms with Crippen molar-refractivity contribution in [2.45, 2.75) is 0 Å². The van der Waals surface area contributed by atoms with Gasteiger partial charge >= 0.3 is 97.1 Å². The molecule has 4 heteroatoms. The average Bonchev–Trinajstić information content (AvgIpc) is 1.88.